The molecule has 0 spiro atoms. The minimum atomic E-state index is 0.623. The number of benzene rings is 2. The third-order valence-corrected chi connectivity index (χ3v) is 3.79. The summed E-state index contributed by atoms with van der Waals surface area (Å²) < 4.78 is 5.61. The Labute approximate surface area is 128 Å². The third kappa shape index (κ3) is 2.83. The summed E-state index contributed by atoms with van der Waals surface area (Å²) in [7, 11) is 0. The van der Waals surface area contributed by atoms with Crippen LogP contribution in [0.15, 0.2) is 48.5 Å². The molecular formula is C17H17ClN2O. The van der Waals surface area contributed by atoms with E-state index in [1.54, 1.807) is 0 Å². The van der Waals surface area contributed by atoms with Gasteiger partial charge in [-0.05, 0) is 25.1 Å². The van der Waals surface area contributed by atoms with Crippen molar-refractivity contribution < 1.29 is 4.74 Å². The number of hydrogen-bond donors (Lipinski definition) is 2. The normalized spacial score (nSPS) is 10.8. The third-order valence-electron chi connectivity index (χ3n) is 3.36. The van der Waals surface area contributed by atoms with Crippen LogP contribution in [0.2, 0.25) is 5.02 Å². The first-order valence-electron chi connectivity index (χ1n) is 7.00. The SMILES string of the molecule is CCOc1ccccc1NCc1[nH]c2ccccc2c1Cl. The first-order valence-corrected chi connectivity index (χ1v) is 7.38. The van der Waals surface area contributed by atoms with Crippen LogP contribution in [-0.4, -0.2) is 11.6 Å². The molecule has 0 aliphatic heterocycles. The van der Waals surface area contributed by atoms with Crippen LogP contribution in [0.5, 0.6) is 5.75 Å². The second-order valence-corrected chi connectivity index (χ2v) is 5.12. The number of aromatic amines is 1. The monoisotopic (exact) mass is 300 g/mol. The molecule has 3 rings (SSSR count). The Kier molecular flexibility index (Phi) is 4.02. The molecule has 0 atom stereocenters. The molecule has 3 nitrogen and oxygen atoms in total. The lowest BCUT2D eigenvalue weighted by Crippen LogP contribution is -2.03. The van der Waals surface area contributed by atoms with Gasteiger partial charge in [-0.2, -0.15) is 0 Å². The number of ether oxygens (including phenoxy) is 1. The lowest BCUT2D eigenvalue weighted by molar-refractivity contribution is 0.341. The van der Waals surface area contributed by atoms with Gasteiger partial charge in [0.2, 0.25) is 0 Å². The van der Waals surface area contributed by atoms with Crippen LogP contribution in [0.4, 0.5) is 5.69 Å². The Morgan fingerprint density at radius 2 is 1.86 bits per heavy atom. The molecule has 108 valence electrons. The topological polar surface area (TPSA) is 37.0 Å². The van der Waals surface area contributed by atoms with E-state index in [1.807, 2.05) is 55.5 Å². The van der Waals surface area contributed by atoms with Gasteiger partial charge in [0.15, 0.2) is 0 Å². The van der Waals surface area contributed by atoms with Crippen molar-refractivity contribution in [3.8, 4) is 5.75 Å². The summed E-state index contributed by atoms with van der Waals surface area (Å²) in [5.41, 5.74) is 3.00. The first-order chi connectivity index (χ1) is 10.3. The number of aromatic nitrogens is 1. The predicted octanol–water partition coefficient (Wildman–Crippen LogP) is 4.83. The zero-order valence-corrected chi connectivity index (χ0v) is 12.6. The molecule has 0 fully saturated rings. The van der Waals surface area contributed by atoms with Crippen molar-refractivity contribution in [2.75, 3.05) is 11.9 Å². The summed E-state index contributed by atoms with van der Waals surface area (Å²) in [6.07, 6.45) is 0. The van der Waals surface area contributed by atoms with Crippen LogP contribution in [-0.2, 0) is 6.54 Å². The highest BCUT2D eigenvalue weighted by Gasteiger charge is 2.09. The lowest BCUT2D eigenvalue weighted by atomic mass is 10.2. The molecule has 0 aliphatic carbocycles. The molecule has 2 N–H and O–H groups in total. The number of halogens is 1. The van der Waals surface area contributed by atoms with Gasteiger partial charge in [0, 0.05) is 10.9 Å². The molecule has 2 aromatic carbocycles. The van der Waals surface area contributed by atoms with Crippen LogP contribution >= 0.6 is 11.6 Å². The summed E-state index contributed by atoms with van der Waals surface area (Å²) in [5, 5.41) is 5.20. The van der Waals surface area contributed by atoms with E-state index < -0.39 is 0 Å². The van der Waals surface area contributed by atoms with Gasteiger partial charge in [-0.1, -0.05) is 41.9 Å². The molecule has 1 aromatic heterocycles. The van der Waals surface area contributed by atoms with Crippen molar-refractivity contribution in [2.24, 2.45) is 0 Å². The maximum atomic E-state index is 6.42. The Bertz CT molecular complexity index is 751. The lowest BCUT2D eigenvalue weighted by Gasteiger charge is -2.11. The molecule has 1 heterocycles. The van der Waals surface area contributed by atoms with Gasteiger partial charge in [-0.3, -0.25) is 0 Å². The van der Waals surface area contributed by atoms with E-state index in [-0.39, 0.29) is 0 Å². The summed E-state index contributed by atoms with van der Waals surface area (Å²) in [5.74, 6) is 0.854. The molecule has 4 heteroatoms. The Morgan fingerprint density at radius 3 is 2.67 bits per heavy atom. The number of para-hydroxylation sites is 3. The summed E-state index contributed by atoms with van der Waals surface area (Å²) >= 11 is 6.42. The van der Waals surface area contributed by atoms with E-state index in [0.29, 0.717) is 13.2 Å². The van der Waals surface area contributed by atoms with Crippen molar-refractivity contribution >= 4 is 28.2 Å². The Morgan fingerprint density at radius 1 is 1.10 bits per heavy atom. The van der Waals surface area contributed by atoms with Gasteiger partial charge < -0.3 is 15.0 Å². The zero-order chi connectivity index (χ0) is 14.7. The molecule has 3 aromatic rings. The van der Waals surface area contributed by atoms with Crippen LogP contribution in [0.25, 0.3) is 10.9 Å². The molecule has 0 bridgehead atoms. The van der Waals surface area contributed by atoms with E-state index in [2.05, 4.69) is 10.3 Å². The number of fused-ring (bicyclic) bond motifs is 1. The molecule has 0 aliphatic rings. The summed E-state index contributed by atoms with van der Waals surface area (Å²) in [6.45, 7) is 3.24. The molecule has 21 heavy (non-hydrogen) atoms. The standard InChI is InChI=1S/C17H17ClN2O/c1-2-21-16-10-6-5-9-14(16)19-11-15-17(18)12-7-3-4-8-13(12)20-15/h3-10,19-20H,2,11H2,1H3. The van der Waals surface area contributed by atoms with Gasteiger partial charge in [0.1, 0.15) is 5.75 Å². The van der Waals surface area contributed by atoms with Gasteiger partial charge >= 0.3 is 0 Å². The van der Waals surface area contributed by atoms with Crippen molar-refractivity contribution in [3.63, 3.8) is 0 Å². The number of hydrogen-bond acceptors (Lipinski definition) is 2. The summed E-state index contributed by atoms with van der Waals surface area (Å²) in [6, 6.07) is 15.9. The van der Waals surface area contributed by atoms with Gasteiger partial charge in [0.25, 0.3) is 0 Å². The fourth-order valence-electron chi connectivity index (χ4n) is 2.36. The van der Waals surface area contributed by atoms with Crippen LogP contribution in [0.1, 0.15) is 12.6 Å². The average molecular weight is 301 g/mol. The van der Waals surface area contributed by atoms with Crippen molar-refractivity contribution in [3.05, 3.63) is 59.2 Å². The number of nitrogens with one attached hydrogen (secondary N) is 2. The molecule has 0 radical (unpaired) electrons. The van der Waals surface area contributed by atoms with Crippen LogP contribution in [0, 0.1) is 0 Å². The predicted molar refractivity (Wildman–Crippen MR) is 88.2 cm³/mol. The number of rotatable bonds is 5. The first kappa shape index (κ1) is 13.8. The van der Waals surface area contributed by atoms with Crippen LogP contribution < -0.4 is 10.1 Å². The molecule has 0 amide bonds. The second-order valence-electron chi connectivity index (χ2n) is 4.75. The number of anilines is 1. The Balaban J connectivity index is 1.82. The highest BCUT2D eigenvalue weighted by molar-refractivity contribution is 6.36. The number of H-pyrrole nitrogens is 1. The van der Waals surface area contributed by atoms with E-state index in [4.69, 9.17) is 16.3 Å². The highest BCUT2D eigenvalue weighted by atomic mass is 35.5. The quantitative estimate of drug-likeness (QED) is 0.708. The summed E-state index contributed by atoms with van der Waals surface area (Å²) in [4.78, 5) is 3.35. The van der Waals surface area contributed by atoms with Crippen molar-refractivity contribution in [1.29, 1.82) is 0 Å². The van der Waals surface area contributed by atoms with E-state index in [0.717, 1.165) is 33.1 Å². The largest absolute Gasteiger partial charge is 0.492 e. The average Bonchev–Trinajstić information content (AvgIpc) is 2.84. The second kappa shape index (κ2) is 6.10. The smallest absolute Gasteiger partial charge is 0.142 e. The van der Waals surface area contributed by atoms with Crippen LogP contribution in [0.3, 0.4) is 0 Å². The Hall–Kier alpha value is -2.13. The van der Waals surface area contributed by atoms with Gasteiger partial charge in [-0.25, -0.2) is 0 Å². The molecule has 0 saturated heterocycles. The van der Waals surface area contributed by atoms with E-state index in [1.165, 1.54) is 0 Å². The zero-order valence-electron chi connectivity index (χ0n) is 11.8. The highest BCUT2D eigenvalue weighted by Crippen LogP contribution is 2.29. The molecular weight excluding hydrogens is 284 g/mol. The minimum Gasteiger partial charge on any atom is -0.492 e. The van der Waals surface area contributed by atoms with Crippen molar-refractivity contribution in [1.82, 2.24) is 4.98 Å². The van der Waals surface area contributed by atoms with Crippen molar-refractivity contribution in [2.45, 2.75) is 13.5 Å². The fraction of sp³-hybridized carbons (Fsp3) is 0.176. The van der Waals surface area contributed by atoms with Gasteiger partial charge in [-0.15, -0.1) is 0 Å². The van der Waals surface area contributed by atoms with E-state index in [9.17, 15) is 0 Å². The minimum absolute atomic E-state index is 0.623. The maximum Gasteiger partial charge on any atom is 0.142 e. The fourth-order valence-corrected chi connectivity index (χ4v) is 2.64. The van der Waals surface area contributed by atoms with Gasteiger partial charge in [0.05, 0.1) is 29.6 Å². The molecule has 0 saturated carbocycles. The van der Waals surface area contributed by atoms with E-state index >= 15 is 0 Å². The maximum absolute atomic E-state index is 6.42. The molecule has 0 unspecified atom stereocenters.